The van der Waals surface area contributed by atoms with E-state index in [0.29, 0.717) is 5.56 Å². The van der Waals surface area contributed by atoms with E-state index < -0.39 is 0 Å². The molecule has 0 unspecified atom stereocenters. The SMILES string of the molecule is CCc1cc(Br)ccc1NC(=O)c1ccc(I)cc1. The summed E-state index contributed by atoms with van der Waals surface area (Å²) in [6.45, 7) is 2.07. The first kappa shape index (κ1) is 14.5. The second-order valence-corrected chi connectivity index (χ2v) is 6.28. The van der Waals surface area contributed by atoms with Gasteiger partial charge in [0.2, 0.25) is 0 Å². The maximum absolute atomic E-state index is 12.2. The van der Waals surface area contributed by atoms with Crippen molar-refractivity contribution in [3.63, 3.8) is 0 Å². The van der Waals surface area contributed by atoms with Gasteiger partial charge in [0, 0.05) is 19.3 Å². The van der Waals surface area contributed by atoms with Crippen LogP contribution in [-0.2, 0) is 6.42 Å². The Bertz CT molecular complexity index is 596. The predicted octanol–water partition coefficient (Wildman–Crippen LogP) is 4.87. The molecule has 2 aromatic rings. The van der Waals surface area contributed by atoms with Crippen LogP contribution in [0.5, 0.6) is 0 Å². The minimum Gasteiger partial charge on any atom is -0.322 e. The van der Waals surface area contributed by atoms with Crippen LogP contribution in [0.25, 0.3) is 0 Å². The normalized spacial score (nSPS) is 10.3. The lowest BCUT2D eigenvalue weighted by Gasteiger charge is -2.10. The fourth-order valence-electron chi connectivity index (χ4n) is 1.77. The van der Waals surface area contributed by atoms with E-state index in [9.17, 15) is 4.79 Å². The smallest absolute Gasteiger partial charge is 0.255 e. The Morgan fingerprint density at radius 1 is 1.21 bits per heavy atom. The molecule has 0 aliphatic rings. The summed E-state index contributed by atoms with van der Waals surface area (Å²) in [5.41, 5.74) is 2.66. The van der Waals surface area contributed by atoms with Crippen molar-refractivity contribution in [1.82, 2.24) is 0 Å². The Balaban J connectivity index is 2.21. The summed E-state index contributed by atoms with van der Waals surface area (Å²) in [5, 5.41) is 2.96. The van der Waals surface area contributed by atoms with Crippen LogP contribution in [0, 0.1) is 3.57 Å². The zero-order chi connectivity index (χ0) is 13.8. The van der Waals surface area contributed by atoms with E-state index in [-0.39, 0.29) is 5.91 Å². The molecule has 0 heterocycles. The molecule has 0 spiro atoms. The summed E-state index contributed by atoms with van der Waals surface area (Å²) in [7, 11) is 0. The van der Waals surface area contributed by atoms with Crippen molar-refractivity contribution in [2.75, 3.05) is 5.32 Å². The van der Waals surface area contributed by atoms with Crippen LogP contribution < -0.4 is 5.32 Å². The third-order valence-corrected chi connectivity index (χ3v) is 4.02. The molecule has 2 aromatic carbocycles. The molecule has 0 atom stereocenters. The summed E-state index contributed by atoms with van der Waals surface area (Å²) in [6, 6.07) is 13.4. The van der Waals surface area contributed by atoms with Crippen molar-refractivity contribution < 1.29 is 4.79 Å². The van der Waals surface area contributed by atoms with Gasteiger partial charge in [-0.15, -0.1) is 0 Å². The van der Waals surface area contributed by atoms with Crippen molar-refractivity contribution in [2.45, 2.75) is 13.3 Å². The number of halogens is 2. The third kappa shape index (κ3) is 3.79. The van der Waals surface area contributed by atoms with Crippen LogP contribution in [-0.4, -0.2) is 5.91 Å². The number of benzene rings is 2. The van der Waals surface area contributed by atoms with E-state index in [2.05, 4.69) is 50.8 Å². The van der Waals surface area contributed by atoms with Crippen LogP contribution in [0.1, 0.15) is 22.8 Å². The average Bonchev–Trinajstić information content (AvgIpc) is 2.41. The number of hydrogen-bond acceptors (Lipinski definition) is 1. The summed E-state index contributed by atoms with van der Waals surface area (Å²) in [6.07, 6.45) is 0.877. The lowest BCUT2D eigenvalue weighted by Crippen LogP contribution is -2.13. The number of anilines is 1. The number of nitrogens with one attached hydrogen (secondary N) is 1. The second kappa shape index (κ2) is 6.52. The van der Waals surface area contributed by atoms with Crippen molar-refractivity contribution >= 4 is 50.1 Å². The molecule has 19 heavy (non-hydrogen) atoms. The highest BCUT2D eigenvalue weighted by Gasteiger charge is 2.08. The molecule has 0 fully saturated rings. The van der Waals surface area contributed by atoms with Crippen molar-refractivity contribution in [2.24, 2.45) is 0 Å². The van der Waals surface area contributed by atoms with Crippen molar-refractivity contribution in [1.29, 1.82) is 0 Å². The quantitative estimate of drug-likeness (QED) is 0.693. The van der Waals surface area contributed by atoms with E-state index in [1.54, 1.807) is 0 Å². The van der Waals surface area contributed by atoms with Gasteiger partial charge in [-0.1, -0.05) is 22.9 Å². The first-order valence-corrected chi connectivity index (χ1v) is 7.82. The Labute approximate surface area is 134 Å². The Morgan fingerprint density at radius 2 is 1.89 bits per heavy atom. The Morgan fingerprint density at radius 3 is 2.53 bits per heavy atom. The Hall–Kier alpha value is -0.880. The highest BCUT2D eigenvalue weighted by atomic mass is 127. The number of carbonyl (C=O) groups is 1. The van der Waals surface area contributed by atoms with E-state index in [0.717, 1.165) is 25.7 Å². The number of rotatable bonds is 3. The maximum Gasteiger partial charge on any atom is 0.255 e. The molecule has 0 saturated carbocycles. The van der Waals surface area contributed by atoms with Gasteiger partial charge in [0.1, 0.15) is 0 Å². The predicted molar refractivity (Wildman–Crippen MR) is 90.6 cm³/mol. The highest BCUT2D eigenvalue weighted by molar-refractivity contribution is 14.1. The third-order valence-electron chi connectivity index (χ3n) is 2.80. The number of hydrogen-bond donors (Lipinski definition) is 1. The van der Waals surface area contributed by atoms with E-state index in [4.69, 9.17) is 0 Å². The van der Waals surface area contributed by atoms with Crippen molar-refractivity contribution in [3.05, 3.63) is 61.6 Å². The van der Waals surface area contributed by atoms with Crippen molar-refractivity contribution in [3.8, 4) is 0 Å². The van der Waals surface area contributed by atoms with Crippen LogP contribution in [0.2, 0.25) is 0 Å². The topological polar surface area (TPSA) is 29.1 Å². The molecule has 0 radical (unpaired) electrons. The van der Waals surface area contributed by atoms with Gasteiger partial charge >= 0.3 is 0 Å². The molecule has 98 valence electrons. The fraction of sp³-hybridized carbons (Fsp3) is 0.133. The largest absolute Gasteiger partial charge is 0.322 e. The molecule has 1 amide bonds. The first-order chi connectivity index (χ1) is 9.10. The summed E-state index contributed by atoms with van der Waals surface area (Å²) < 4.78 is 2.14. The van der Waals surface area contributed by atoms with Crippen LogP contribution in [0.15, 0.2) is 46.9 Å². The zero-order valence-corrected chi connectivity index (χ0v) is 14.2. The van der Waals surface area contributed by atoms with Gasteiger partial charge in [-0.05, 0) is 77.0 Å². The van der Waals surface area contributed by atoms with Crippen LogP contribution in [0.4, 0.5) is 5.69 Å². The molecule has 1 N–H and O–H groups in total. The lowest BCUT2D eigenvalue weighted by atomic mass is 10.1. The molecule has 2 rings (SSSR count). The van der Waals surface area contributed by atoms with Gasteiger partial charge < -0.3 is 5.32 Å². The minimum absolute atomic E-state index is 0.0755. The number of aryl methyl sites for hydroxylation is 1. The van der Waals surface area contributed by atoms with Gasteiger partial charge in [-0.3, -0.25) is 4.79 Å². The second-order valence-electron chi connectivity index (χ2n) is 4.12. The molecule has 0 saturated heterocycles. The molecular formula is C15H13BrINO. The highest BCUT2D eigenvalue weighted by Crippen LogP contribution is 2.22. The first-order valence-electron chi connectivity index (χ1n) is 5.95. The van der Waals surface area contributed by atoms with Gasteiger partial charge in [0.15, 0.2) is 0 Å². The monoisotopic (exact) mass is 429 g/mol. The van der Waals surface area contributed by atoms with E-state index in [1.165, 1.54) is 0 Å². The minimum atomic E-state index is -0.0755. The average molecular weight is 430 g/mol. The van der Waals surface area contributed by atoms with Gasteiger partial charge in [0.25, 0.3) is 5.91 Å². The van der Waals surface area contributed by atoms with Crippen LogP contribution >= 0.6 is 38.5 Å². The molecule has 0 aliphatic carbocycles. The molecule has 0 aromatic heterocycles. The standard InChI is InChI=1S/C15H13BrINO/c1-2-10-9-12(16)5-8-14(10)18-15(19)11-3-6-13(17)7-4-11/h3-9H,2H2,1H3,(H,18,19). The van der Waals surface area contributed by atoms with Gasteiger partial charge in [0.05, 0.1) is 0 Å². The number of amides is 1. The molecule has 2 nitrogen and oxygen atoms in total. The molecule has 0 bridgehead atoms. The van der Waals surface area contributed by atoms with E-state index >= 15 is 0 Å². The maximum atomic E-state index is 12.2. The zero-order valence-electron chi connectivity index (χ0n) is 10.4. The van der Waals surface area contributed by atoms with E-state index in [1.807, 2.05) is 42.5 Å². The van der Waals surface area contributed by atoms with Crippen LogP contribution in [0.3, 0.4) is 0 Å². The summed E-state index contributed by atoms with van der Waals surface area (Å²) >= 11 is 5.66. The number of carbonyl (C=O) groups excluding carboxylic acids is 1. The van der Waals surface area contributed by atoms with Gasteiger partial charge in [-0.2, -0.15) is 0 Å². The lowest BCUT2D eigenvalue weighted by molar-refractivity contribution is 0.102. The van der Waals surface area contributed by atoms with Gasteiger partial charge in [-0.25, -0.2) is 0 Å². The molecular weight excluding hydrogens is 417 g/mol. The summed E-state index contributed by atoms with van der Waals surface area (Å²) in [5.74, 6) is -0.0755. The Kier molecular flexibility index (Phi) is 4.99. The summed E-state index contributed by atoms with van der Waals surface area (Å²) in [4.78, 5) is 12.2. The molecule has 4 heteroatoms. The molecule has 0 aliphatic heterocycles. The fourth-order valence-corrected chi connectivity index (χ4v) is 2.54.